The maximum Gasteiger partial charge on any atom is 0.147 e. The monoisotopic (exact) mass is 257 g/mol. The lowest BCUT2D eigenvalue weighted by Gasteiger charge is -1.98. The molecule has 3 rings (SSSR count). The van der Waals surface area contributed by atoms with Gasteiger partial charge in [0, 0.05) is 24.5 Å². The molecule has 18 heavy (non-hydrogen) atoms. The topological polar surface area (TPSA) is 63.6 Å². The molecule has 0 saturated carbocycles. The van der Waals surface area contributed by atoms with Crippen molar-refractivity contribution in [3.05, 3.63) is 35.6 Å². The summed E-state index contributed by atoms with van der Waals surface area (Å²) in [6, 6.07) is 5.95. The quantitative estimate of drug-likeness (QED) is 0.776. The number of rotatable bonds is 3. The van der Waals surface area contributed by atoms with Crippen molar-refractivity contribution in [2.24, 2.45) is 0 Å². The van der Waals surface area contributed by atoms with Gasteiger partial charge in [0.1, 0.15) is 10.0 Å². The van der Waals surface area contributed by atoms with Crippen molar-refractivity contribution < 1.29 is 0 Å². The zero-order valence-electron chi connectivity index (χ0n) is 9.79. The zero-order chi connectivity index (χ0) is 12.4. The van der Waals surface area contributed by atoms with E-state index in [0.717, 1.165) is 33.2 Å². The van der Waals surface area contributed by atoms with Crippen molar-refractivity contribution in [1.29, 1.82) is 0 Å². The van der Waals surface area contributed by atoms with Crippen molar-refractivity contribution >= 4 is 22.4 Å². The largest absolute Gasteiger partial charge is 0.313 e. The van der Waals surface area contributed by atoms with E-state index in [1.165, 1.54) is 0 Å². The Balaban J connectivity index is 2.02. The maximum atomic E-state index is 4.29. The van der Waals surface area contributed by atoms with Crippen molar-refractivity contribution in [1.82, 2.24) is 25.5 Å². The highest BCUT2D eigenvalue weighted by Crippen LogP contribution is 2.25. The van der Waals surface area contributed by atoms with Crippen LogP contribution in [-0.4, -0.2) is 27.2 Å². The molecule has 0 amide bonds. The molecule has 0 aliphatic carbocycles. The van der Waals surface area contributed by atoms with Crippen LogP contribution >= 0.6 is 11.3 Å². The lowest BCUT2D eigenvalue weighted by Crippen LogP contribution is -2.04. The van der Waals surface area contributed by atoms with Crippen LogP contribution in [0.15, 0.2) is 30.6 Å². The predicted octanol–water partition coefficient (Wildman–Crippen LogP) is 1.87. The maximum absolute atomic E-state index is 4.29. The van der Waals surface area contributed by atoms with E-state index in [0.29, 0.717) is 0 Å². The van der Waals surface area contributed by atoms with Crippen LogP contribution in [0, 0.1) is 0 Å². The fourth-order valence-electron chi connectivity index (χ4n) is 1.69. The van der Waals surface area contributed by atoms with Crippen LogP contribution in [-0.2, 0) is 6.54 Å². The molecule has 90 valence electrons. The van der Waals surface area contributed by atoms with Crippen LogP contribution in [0.5, 0.6) is 0 Å². The highest BCUT2D eigenvalue weighted by Gasteiger charge is 2.07. The second kappa shape index (κ2) is 4.75. The molecule has 0 bridgehead atoms. The molecule has 0 aliphatic rings. The normalized spacial score (nSPS) is 10.9. The van der Waals surface area contributed by atoms with Gasteiger partial charge in [0.25, 0.3) is 0 Å². The molecular weight excluding hydrogens is 246 g/mol. The van der Waals surface area contributed by atoms with Gasteiger partial charge < -0.3 is 5.32 Å². The van der Waals surface area contributed by atoms with E-state index in [-0.39, 0.29) is 0 Å². The van der Waals surface area contributed by atoms with Gasteiger partial charge in [-0.05, 0) is 25.2 Å². The molecule has 0 fully saturated rings. The molecule has 0 saturated heterocycles. The van der Waals surface area contributed by atoms with Gasteiger partial charge in [0.05, 0.1) is 11.0 Å². The number of nitrogens with one attached hydrogen (secondary N) is 1. The number of aromatic nitrogens is 4. The summed E-state index contributed by atoms with van der Waals surface area (Å²) < 4.78 is 0. The second-order valence-corrected chi connectivity index (χ2v) is 4.85. The van der Waals surface area contributed by atoms with Crippen LogP contribution < -0.4 is 5.32 Å². The van der Waals surface area contributed by atoms with Crippen LogP contribution in [0.2, 0.25) is 0 Å². The van der Waals surface area contributed by atoms with Gasteiger partial charge in [-0.3, -0.25) is 9.97 Å². The molecule has 3 aromatic rings. The van der Waals surface area contributed by atoms with Gasteiger partial charge >= 0.3 is 0 Å². The molecule has 2 aromatic heterocycles. The average Bonchev–Trinajstić information content (AvgIpc) is 2.87. The molecule has 0 atom stereocenters. The van der Waals surface area contributed by atoms with Gasteiger partial charge in [-0.15, -0.1) is 10.2 Å². The zero-order valence-corrected chi connectivity index (χ0v) is 10.6. The molecule has 5 nitrogen and oxygen atoms in total. The molecule has 1 N–H and O–H groups in total. The summed E-state index contributed by atoms with van der Waals surface area (Å²) in [7, 11) is 1.90. The molecule has 2 heterocycles. The van der Waals surface area contributed by atoms with Gasteiger partial charge in [0.15, 0.2) is 0 Å². The molecular formula is C12H11N5S. The summed E-state index contributed by atoms with van der Waals surface area (Å²) in [5.41, 5.74) is 2.80. The first kappa shape index (κ1) is 11.2. The van der Waals surface area contributed by atoms with E-state index in [4.69, 9.17) is 0 Å². The van der Waals surface area contributed by atoms with E-state index < -0.39 is 0 Å². The summed E-state index contributed by atoms with van der Waals surface area (Å²) in [6.45, 7) is 0.741. The van der Waals surface area contributed by atoms with Crippen LogP contribution in [0.25, 0.3) is 21.6 Å². The lowest BCUT2D eigenvalue weighted by molar-refractivity contribution is 0.795. The Morgan fingerprint density at radius 1 is 1.11 bits per heavy atom. The first-order valence-electron chi connectivity index (χ1n) is 5.55. The Bertz CT molecular complexity index is 679. The van der Waals surface area contributed by atoms with E-state index in [1.807, 2.05) is 25.2 Å². The minimum Gasteiger partial charge on any atom is -0.313 e. The fraction of sp³-hybridized carbons (Fsp3) is 0.167. The lowest BCUT2D eigenvalue weighted by atomic mass is 10.2. The Hall–Kier alpha value is -1.92. The molecule has 6 heteroatoms. The molecule has 0 aliphatic heterocycles. The molecule has 0 radical (unpaired) electrons. The first-order chi connectivity index (χ1) is 8.86. The summed E-state index contributed by atoms with van der Waals surface area (Å²) >= 11 is 1.59. The van der Waals surface area contributed by atoms with Gasteiger partial charge in [-0.1, -0.05) is 11.3 Å². The van der Waals surface area contributed by atoms with Crippen molar-refractivity contribution in [3.8, 4) is 10.6 Å². The van der Waals surface area contributed by atoms with Gasteiger partial charge in [-0.2, -0.15) is 0 Å². The highest BCUT2D eigenvalue weighted by atomic mass is 32.1. The SMILES string of the molecule is CNCc1nnc(-c2ccc3nccnc3c2)s1. The number of hydrogen-bond acceptors (Lipinski definition) is 6. The van der Waals surface area contributed by atoms with Crippen LogP contribution in [0.3, 0.4) is 0 Å². The van der Waals surface area contributed by atoms with Crippen molar-refractivity contribution in [2.75, 3.05) is 7.05 Å². The molecule has 1 aromatic carbocycles. The van der Waals surface area contributed by atoms with Gasteiger partial charge in [0.2, 0.25) is 0 Å². The van der Waals surface area contributed by atoms with Gasteiger partial charge in [-0.25, -0.2) is 0 Å². The minimum atomic E-state index is 0.741. The third kappa shape index (κ3) is 2.07. The third-order valence-electron chi connectivity index (χ3n) is 2.51. The number of benzene rings is 1. The van der Waals surface area contributed by atoms with Crippen LogP contribution in [0.4, 0.5) is 0 Å². The Kier molecular flexibility index (Phi) is 2.95. The van der Waals surface area contributed by atoms with E-state index in [9.17, 15) is 0 Å². The fourth-order valence-corrected chi connectivity index (χ4v) is 2.54. The minimum absolute atomic E-state index is 0.741. The summed E-state index contributed by atoms with van der Waals surface area (Å²) in [5, 5.41) is 13.3. The van der Waals surface area contributed by atoms with Crippen molar-refractivity contribution in [3.63, 3.8) is 0 Å². The molecule has 0 unspecified atom stereocenters. The highest BCUT2D eigenvalue weighted by molar-refractivity contribution is 7.14. The predicted molar refractivity (Wildman–Crippen MR) is 71.2 cm³/mol. The van der Waals surface area contributed by atoms with E-state index in [1.54, 1.807) is 23.7 Å². The number of nitrogens with zero attached hydrogens (tertiary/aromatic N) is 4. The Labute approximate surface area is 108 Å². The summed E-state index contributed by atoms with van der Waals surface area (Å²) in [6.07, 6.45) is 3.39. The van der Waals surface area contributed by atoms with E-state index >= 15 is 0 Å². The van der Waals surface area contributed by atoms with E-state index in [2.05, 4.69) is 25.5 Å². The first-order valence-corrected chi connectivity index (χ1v) is 6.36. The standard InChI is InChI=1S/C12H11N5S/c1-13-7-11-16-17-12(18-11)8-2-3-9-10(6-8)15-5-4-14-9/h2-6,13H,7H2,1H3. The molecule has 0 spiro atoms. The summed E-state index contributed by atoms with van der Waals surface area (Å²) in [5.74, 6) is 0. The smallest absolute Gasteiger partial charge is 0.147 e. The average molecular weight is 257 g/mol. The Morgan fingerprint density at radius 3 is 2.78 bits per heavy atom. The third-order valence-corrected chi connectivity index (χ3v) is 3.48. The van der Waals surface area contributed by atoms with Crippen LogP contribution in [0.1, 0.15) is 5.01 Å². The Morgan fingerprint density at radius 2 is 1.94 bits per heavy atom. The second-order valence-electron chi connectivity index (χ2n) is 3.79. The number of hydrogen-bond donors (Lipinski definition) is 1. The number of fused-ring (bicyclic) bond motifs is 1. The summed E-state index contributed by atoms with van der Waals surface area (Å²) in [4.78, 5) is 8.54. The van der Waals surface area contributed by atoms with Crippen molar-refractivity contribution in [2.45, 2.75) is 6.54 Å².